The minimum atomic E-state index is -0.493. The number of pyridine rings is 1. The monoisotopic (exact) mass is 406 g/mol. The van der Waals surface area contributed by atoms with Gasteiger partial charge in [-0.05, 0) is 25.0 Å². The molecule has 4 aromatic rings. The summed E-state index contributed by atoms with van der Waals surface area (Å²) in [6.45, 7) is 0. The lowest BCUT2D eigenvalue weighted by Gasteiger charge is -2.32. The van der Waals surface area contributed by atoms with E-state index in [1.807, 2.05) is 35.8 Å². The third-order valence-electron chi connectivity index (χ3n) is 5.61. The zero-order valence-electron chi connectivity index (χ0n) is 16.6. The predicted octanol–water partition coefficient (Wildman–Crippen LogP) is 1.38. The minimum Gasteiger partial charge on any atom is -0.391 e. The highest BCUT2D eigenvalue weighted by Gasteiger charge is 2.31. The van der Waals surface area contributed by atoms with Crippen molar-refractivity contribution < 1.29 is 9.90 Å². The number of imidazole rings is 1. The largest absolute Gasteiger partial charge is 0.391 e. The maximum atomic E-state index is 12.8. The van der Waals surface area contributed by atoms with E-state index in [1.54, 1.807) is 17.8 Å². The number of hydrogen-bond acceptors (Lipinski definition) is 7. The van der Waals surface area contributed by atoms with Gasteiger partial charge in [-0.3, -0.25) is 9.20 Å². The molecule has 1 fully saturated rings. The molecule has 1 aliphatic carbocycles. The van der Waals surface area contributed by atoms with Crippen molar-refractivity contribution in [2.24, 2.45) is 0 Å². The molecular weight excluding hydrogens is 384 g/mol. The average molecular weight is 406 g/mol. The first-order valence-corrected chi connectivity index (χ1v) is 9.80. The number of amides is 1. The van der Waals surface area contributed by atoms with Crippen LogP contribution in [0.5, 0.6) is 0 Å². The van der Waals surface area contributed by atoms with Gasteiger partial charge in [0.2, 0.25) is 0 Å². The summed E-state index contributed by atoms with van der Waals surface area (Å²) in [6.07, 6.45) is 6.09. The number of nitrogens with zero attached hydrogens (tertiary/aromatic N) is 5. The summed E-state index contributed by atoms with van der Waals surface area (Å²) in [5.74, 6) is 0.405. The molecule has 1 saturated carbocycles. The highest BCUT2D eigenvalue weighted by atomic mass is 16.3. The molecule has 0 bridgehead atoms. The number of fused-ring (bicyclic) bond motifs is 2. The van der Waals surface area contributed by atoms with Crippen LogP contribution in [0.25, 0.3) is 22.7 Å². The molecule has 5 rings (SSSR count). The van der Waals surface area contributed by atoms with Crippen molar-refractivity contribution in [2.75, 3.05) is 24.7 Å². The van der Waals surface area contributed by atoms with E-state index in [0.29, 0.717) is 29.1 Å². The Morgan fingerprint density at radius 3 is 2.77 bits per heavy atom. The van der Waals surface area contributed by atoms with Crippen molar-refractivity contribution in [3.63, 3.8) is 0 Å². The lowest BCUT2D eigenvalue weighted by molar-refractivity contribution is 0.0448. The van der Waals surface area contributed by atoms with Crippen LogP contribution in [-0.4, -0.2) is 61.2 Å². The van der Waals surface area contributed by atoms with E-state index in [9.17, 15) is 9.90 Å². The Hall–Kier alpha value is -3.66. The van der Waals surface area contributed by atoms with Gasteiger partial charge in [-0.2, -0.15) is 9.61 Å². The second-order valence-electron chi connectivity index (χ2n) is 7.30. The Kier molecular flexibility index (Phi) is 4.28. The SMILES string of the molecule is CNc1ccc(-c2cc(NC)n3ncc(C(=O)N[C@@H]4CC[C@@H]4O)c3n2)n2ccnc12. The summed E-state index contributed by atoms with van der Waals surface area (Å²) in [7, 11) is 3.64. The van der Waals surface area contributed by atoms with Crippen LogP contribution < -0.4 is 16.0 Å². The summed E-state index contributed by atoms with van der Waals surface area (Å²) in [5.41, 5.74) is 4.00. The van der Waals surface area contributed by atoms with Crippen LogP contribution in [0.4, 0.5) is 11.5 Å². The predicted molar refractivity (Wildman–Crippen MR) is 113 cm³/mol. The summed E-state index contributed by atoms with van der Waals surface area (Å²) >= 11 is 0. The van der Waals surface area contributed by atoms with E-state index >= 15 is 0 Å². The van der Waals surface area contributed by atoms with Crippen LogP contribution in [0.2, 0.25) is 0 Å². The molecule has 4 heterocycles. The van der Waals surface area contributed by atoms with Crippen LogP contribution >= 0.6 is 0 Å². The molecule has 154 valence electrons. The van der Waals surface area contributed by atoms with Crippen molar-refractivity contribution in [1.82, 2.24) is 29.3 Å². The van der Waals surface area contributed by atoms with E-state index in [1.165, 1.54) is 6.20 Å². The third-order valence-corrected chi connectivity index (χ3v) is 5.61. The van der Waals surface area contributed by atoms with Gasteiger partial charge in [0.05, 0.1) is 35.4 Å². The normalized spacial score (nSPS) is 18.4. The maximum absolute atomic E-state index is 12.8. The number of aliphatic hydroxyl groups excluding tert-OH is 1. The Labute approximate surface area is 172 Å². The molecule has 4 aromatic heterocycles. The fraction of sp³-hybridized carbons (Fsp3) is 0.300. The number of carbonyl (C=O) groups excluding carboxylic acids is 1. The van der Waals surface area contributed by atoms with Crippen molar-refractivity contribution in [2.45, 2.75) is 25.0 Å². The Bertz CT molecular complexity index is 1260. The van der Waals surface area contributed by atoms with Crippen LogP contribution in [0.1, 0.15) is 23.2 Å². The number of hydrogen-bond donors (Lipinski definition) is 4. The minimum absolute atomic E-state index is 0.223. The van der Waals surface area contributed by atoms with E-state index < -0.39 is 6.10 Å². The summed E-state index contributed by atoms with van der Waals surface area (Å²) in [6, 6.07) is 5.56. The van der Waals surface area contributed by atoms with Gasteiger partial charge in [0.1, 0.15) is 11.4 Å². The van der Waals surface area contributed by atoms with Crippen molar-refractivity contribution >= 4 is 28.7 Å². The molecule has 30 heavy (non-hydrogen) atoms. The fourth-order valence-electron chi connectivity index (χ4n) is 3.75. The number of nitrogens with one attached hydrogen (secondary N) is 3. The topological polar surface area (TPSA) is 121 Å². The number of anilines is 2. The quantitative estimate of drug-likeness (QED) is 0.395. The van der Waals surface area contributed by atoms with Crippen LogP contribution in [0.15, 0.2) is 36.8 Å². The van der Waals surface area contributed by atoms with Crippen LogP contribution in [0.3, 0.4) is 0 Å². The summed E-state index contributed by atoms with van der Waals surface area (Å²) in [4.78, 5) is 22.0. The highest BCUT2D eigenvalue weighted by Crippen LogP contribution is 2.27. The van der Waals surface area contributed by atoms with E-state index in [0.717, 1.165) is 23.4 Å². The van der Waals surface area contributed by atoms with Gasteiger partial charge in [-0.25, -0.2) is 9.97 Å². The zero-order chi connectivity index (χ0) is 20.8. The molecule has 0 unspecified atom stereocenters. The fourth-order valence-corrected chi connectivity index (χ4v) is 3.75. The molecule has 0 aliphatic heterocycles. The molecule has 1 amide bonds. The highest BCUT2D eigenvalue weighted by molar-refractivity contribution is 6.00. The van der Waals surface area contributed by atoms with Gasteiger partial charge in [0, 0.05) is 32.6 Å². The molecule has 4 N–H and O–H groups in total. The van der Waals surface area contributed by atoms with Gasteiger partial charge in [-0.15, -0.1) is 0 Å². The summed E-state index contributed by atoms with van der Waals surface area (Å²) in [5, 5.41) is 23.3. The Balaban J connectivity index is 1.63. The lowest BCUT2D eigenvalue weighted by atomic mass is 9.89. The molecule has 0 radical (unpaired) electrons. The first-order valence-electron chi connectivity index (χ1n) is 9.80. The van der Waals surface area contributed by atoms with Crippen molar-refractivity contribution in [1.29, 1.82) is 0 Å². The first-order chi connectivity index (χ1) is 14.6. The molecule has 0 saturated heterocycles. The molecule has 0 aromatic carbocycles. The number of rotatable bonds is 5. The van der Waals surface area contributed by atoms with E-state index in [4.69, 9.17) is 4.98 Å². The van der Waals surface area contributed by atoms with Gasteiger partial charge >= 0.3 is 0 Å². The lowest BCUT2D eigenvalue weighted by Crippen LogP contribution is -2.50. The number of aromatic nitrogens is 5. The third kappa shape index (κ3) is 2.76. The first kappa shape index (κ1) is 18.4. The van der Waals surface area contributed by atoms with Crippen LogP contribution in [-0.2, 0) is 0 Å². The second kappa shape index (κ2) is 6.99. The second-order valence-corrected chi connectivity index (χ2v) is 7.30. The van der Waals surface area contributed by atoms with E-state index in [-0.39, 0.29) is 11.9 Å². The zero-order valence-corrected chi connectivity index (χ0v) is 16.6. The molecule has 10 heteroatoms. The molecule has 10 nitrogen and oxygen atoms in total. The van der Waals surface area contributed by atoms with Gasteiger partial charge in [0.25, 0.3) is 5.91 Å². The summed E-state index contributed by atoms with van der Waals surface area (Å²) < 4.78 is 3.55. The Morgan fingerprint density at radius 1 is 1.20 bits per heavy atom. The van der Waals surface area contributed by atoms with Gasteiger partial charge in [0.15, 0.2) is 11.3 Å². The smallest absolute Gasteiger partial charge is 0.257 e. The molecule has 2 atom stereocenters. The van der Waals surface area contributed by atoms with E-state index in [2.05, 4.69) is 26.0 Å². The molecule has 1 aliphatic rings. The maximum Gasteiger partial charge on any atom is 0.257 e. The Morgan fingerprint density at radius 2 is 2.07 bits per heavy atom. The average Bonchev–Trinajstić information content (AvgIpc) is 3.42. The van der Waals surface area contributed by atoms with Crippen molar-refractivity contribution in [3.05, 3.63) is 42.4 Å². The number of carbonyl (C=O) groups is 1. The molecule has 0 spiro atoms. The van der Waals surface area contributed by atoms with Crippen molar-refractivity contribution in [3.8, 4) is 11.4 Å². The van der Waals surface area contributed by atoms with Crippen LogP contribution in [0, 0.1) is 0 Å². The van der Waals surface area contributed by atoms with Gasteiger partial charge < -0.3 is 21.1 Å². The standard InChI is InChI=1S/C20H22N8O2/c1-21-13-3-5-15(27-8-7-23-19(13)27)14-9-17(22-2)28-18(25-14)11(10-24-28)20(30)26-12-4-6-16(12)29/h3,5,7-10,12,16,21-22,29H,4,6H2,1-2H3,(H,26,30)/t12-,16+/m1/s1. The van der Waals surface area contributed by atoms with Gasteiger partial charge in [-0.1, -0.05) is 0 Å². The molecular formula is C20H22N8O2. The number of aliphatic hydroxyl groups is 1.